The first-order valence-corrected chi connectivity index (χ1v) is 11.5. The van der Waals surface area contributed by atoms with Crippen molar-refractivity contribution >= 4 is 29.8 Å². The van der Waals surface area contributed by atoms with E-state index in [9.17, 15) is 39.3 Å². The number of esters is 5. The van der Waals surface area contributed by atoms with E-state index in [-0.39, 0.29) is 0 Å². The molecule has 2 aliphatic heterocycles. The molecule has 0 aromatic heterocycles. The van der Waals surface area contributed by atoms with Crippen molar-refractivity contribution in [3.8, 4) is 0 Å². The Labute approximate surface area is 216 Å². The second-order valence-electron chi connectivity index (χ2n) is 8.51. The van der Waals surface area contributed by atoms with Gasteiger partial charge in [0.1, 0.15) is 31.5 Å². The molecule has 38 heavy (non-hydrogen) atoms. The van der Waals surface area contributed by atoms with Crippen LogP contribution in [0.25, 0.3) is 0 Å². The lowest BCUT2D eigenvalue weighted by Gasteiger charge is -2.45. The number of carbonyl (C=O) groups is 5. The summed E-state index contributed by atoms with van der Waals surface area (Å²) in [6.45, 7) is 2.76. The van der Waals surface area contributed by atoms with E-state index < -0.39 is 104 Å². The molecule has 9 atom stereocenters. The number of aliphatic hydroxyl groups excluding tert-OH is 3. The van der Waals surface area contributed by atoms with E-state index in [1.54, 1.807) is 0 Å². The van der Waals surface area contributed by atoms with Crippen LogP contribution in [0.3, 0.4) is 0 Å². The van der Waals surface area contributed by atoms with Crippen LogP contribution in [-0.4, -0.2) is 120 Å². The highest BCUT2D eigenvalue weighted by Crippen LogP contribution is 2.40. The van der Waals surface area contributed by atoms with E-state index in [1.165, 1.54) is 0 Å². The Morgan fingerprint density at radius 3 is 1.74 bits per heavy atom. The SMILES string of the molecule is CC(=O)OC[C@H]1O[C@H](O[C@@]2(CO)O[C@@H](CO)[C@H](OC(C)=O)[C@H]2OC(C)=O)[C@H](OC(C)=O)[C@@H](OC(C)=O)[C@@H]1O. The number of ether oxygens (including phenoxy) is 8. The van der Waals surface area contributed by atoms with Crippen molar-refractivity contribution in [2.45, 2.75) is 89.4 Å². The van der Waals surface area contributed by atoms with E-state index in [2.05, 4.69) is 0 Å². The summed E-state index contributed by atoms with van der Waals surface area (Å²) in [6.07, 6.45) is -12.8. The summed E-state index contributed by atoms with van der Waals surface area (Å²) >= 11 is 0. The van der Waals surface area contributed by atoms with Gasteiger partial charge in [-0.15, -0.1) is 0 Å². The maximum Gasteiger partial charge on any atom is 0.303 e. The second kappa shape index (κ2) is 13.3. The van der Waals surface area contributed by atoms with Gasteiger partial charge in [-0.2, -0.15) is 0 Å². The van der Waals surface area contributed by atoms with Crippen LogP contribution in [0.5, 0.6) is 0 Å². The molecule has 0 amide bonds. The Balaban J connectivity index is 2.55. The molecule has 216 valence electrons. The molecule has 0 unspecified atom stereocenters. The molecule has 16 nitrogen and oxygen atoms in total. The average molecular weight is 552 g/mol. The van der Waals surface area contributed by atoms with Crippen LogP contribution in [0, 0.1) is 0 Å². The molecule has 0 bridgehead atoms. The number of aliphatic hydroxyl groups is 3. The molecular weight excluding hydrogens is 520 g/mol. The van der Waals surface area contributed by atoms with Gasteiger partial charge in [0.15, 0.2) is 24.4 Å². The van der Waals surface area contributed by atoms with Crippen molar-refractivity contribution in [1.29, 1.82) is 0 Å². The topological polar surface area (TPSA) is 220 Å². The van der Waals surface area contributed by atoms with Crippen LogP contribution < -0.4 is 0 Å². The monoisotopic (exact) mass is 552 g/mol. The minimum Gasteiger partial charge on any atom is -0.463 e. The van der Waals surface area contributed by atoms with Crippen molar-refractivity contribution in [3.05, 3.63) is 0 Å². The first kappa shape index (κ1) is 31.3. The summed E-state index contributed by atoms with van der Waals surface area (Å²) in [6, 6.07) is 0. The molecule has 2 saturated heterocycles. The van der Waals surface area contributed by atoms with Crippen molar-refractivity contribution in [1.82, 2.24) is 0 Å². The Morgan fingerprint density at radius 2 is 1.26 bits per heavy atom. The Morgan fingerprint density at radius 1 is 0.737 bits per heavy atom. The van der Waals surface area contributed by atoms with Crippen LogP contribution in [-0.2, 0) is 61.9 Å². The minimum atomic E-state index is -2.39. The summed E-state index contributed by atoms with van der Waals surface area (Å²) in [5.41, 5.74) is 0. The van der Waals surface area contributed by atoms with Crippen molar-refractivity contribution in [3.63, 3.8) is 0 Å². The zero-order valence-corrected chi connectivity index (χ0v) is 21.4. The molecule has 3 N–H and O–H groups in total. The van der Waals surface area contributed by atoms with E-state index in [0.717, 1.165) is 34.6 Å². The molecule has 2 heterocycles. The summed E-state index contributed by atoms with van der Waals surface area (Å²) < 4.78 is 42.9. The predicted molar refractivity (Wildman–Crippen MR) is 116 cm³/mol. The van der Waals surface area contributed by atoms with Gasteiger partial charge in [0.2, 0.25) is 12.1 Å². The van der Waals surface area contributed by atoms with Gasteiger partial charge < -0.3 is 53.2 Å². The second-order valence-corrected chi connectivity index (χ2v) is 8.51. The molecule has 0 aliphatic carbocycles. The Bertz CT molecular complexity index is 891. The van der Waals surface area contributed by atoms with Crippen LogP contribution in [0.1, 0.15) is 34.6 Å². The lowest BCUT2D eigenvalue weighted by molar-refractivity contribution is -0.384. The van der Waals surface area contributed by atoms with Crippen LogP contribution >= 0.6 is 0 Å². The predicted octanol–water partition coefficient (Wildman–Crippen LogP) is -2.54. The van der Waals surface area contributed by atoms with Crippen molar-refractivity contribution in [2.75, 3.05) is 19.8 Å². The van der Waals surface area contributed by atoms with E-state index in [4.69, 9.17) is 37.9 Å². The third kappa shape index (κ3) is 7.58. The summed E-state index contributed by atoms with van der Waals surface area (Å²) in [7, 11) is 0. The quantitative estimate of drug-likeness (QED) is 0.188. The highest BCUT2D eigenvalue weighted by Gasteiger charge is 2.63. The normalized spacial score (nSPS) is 34.6. The molecular formula is C22H32O16. The lowest BCUT2D eigenvalue weighted by atomic mass is 9.98. The molecule has 0 aromatic carbocycles. The van der Waals surface area contributed by atoms with Gasteiger partial charge in [-0.25, -0.2) is 0 Å². The fourth-order valence-electron chi connectivity index (χ4n) is 4.06. The molecule has 16 heteroatoms. The van der Waals surface area contributed by atoms with Gasteiger partial charge in [-0.3, -0.25) is 24.0 Å². The number of hydrogen-bond donors (Lipinski definition) is 3. The van der Waals surface area contributed by atoms with Crippen LogP contribution in [0.2, 0.25) is 0 Å². The molecule has 2 aliphatic rings. The number of hydrogen-bond acceptors (Lipinski definition) is 16. The molecule has 0 radical (unpaired) electrons. The van der Waals surface area contributed by atoms with Crippen LogP contribution in [0.15, 0.2) is 0 Å². The average Bonchev–Trinajstić information content (AvgIpc) is 3.08. The Kier molecular flexibility index (Phi) is 10.9. The van der Waals surface area contributed by atoms with Gasteiger partial charge >= 0.3 is 29.8 Å². The first-order valence-electron chi connectivity index (χ1n) is 11.5. The van der Waals surface area contributed by atoms with E-state index in [1.807, 2.05) is 0 Å². The highest BCUT2D eigenvalue weighted by atomic mass is 16.8. The fourth-order valence-corrected chi connectivity index (χ4v) is 4.06. The molecule has 0 aromatic rings. The maximum absolute atomic E-state index is 11.9. The minimum absolute atomic E-state index is 0.559. The Hall–Kier alpha value is -2.89. The zero-order valence-electron chi connectivity index (χ0n) is 21.4. The van der Waals surface area contributed by atoms with E-state index in [0.29, 0.717) is 0 Å². The van der Waals surface area contributed by atoms with Crippen molar-refractivity contribution in [2.24, 2.45) is 0 Å². The lowest BCUT2D eigenvalue weighted by Crippen LogP contribution is -2.65. The van der Waals surface area contributed by atoms with Gasteiger partial charge in [-0.1, -0.05) is 0 Å². The third-order valence-corrected chi connectivity index (χ3v) is 5.43. The smallest absolute Gasteiger partial charge is 0.303 e. The summed E-state index contributed by atoms with van der Waals surface area (Å²) in [5, 5.41) is 30.9. The van der Waals surface area contributed by atoms with Gasteiger partial charge in [-0.05, 0) is 0 Å². The van der Waals surface area contributed by atoms with Crippen LogP contribution in [0.4, 0.5) is 0 Å². The molecule has 2 rings (SSSR count). The molecule has 0 saturated carbocycles. The number of rotatable bonds is 10. The fraction of sp³-hybridized carbons (Fsp3) is 0.773. The van der Waals surface area contributed by atoms with E-state index >= 15 is 0 Å². The zero-order chi connectivity index (χ0) is 28.8. The largest absolute Gasteiger partial charge is 0.463 e. The van der Waals surface area contributed by atoms with Gasteiger partial charge in [0.05, 0.1) is 6.61 Å². The van der Waals surface area contributed by atoms with Gasteiger partial charge in [0, 0.05) is 34.6 Å². The summed E-state index contributed by atoms with van der Waals surface area (Å²) in [5.74, 6) is -6.67. The number of carbonyl (C=O) groups excluding carboxylic acids is 5. The van der Waals surface area contributed by atoms with Gasteiger partial charge in [0.25, 0.3) is 0 Å². The maximum atomic E-state index is 11.9. The highest BCUT2D eigenvalue weighted by molar-refractivity contribution is 5.68. The first-order chi connectivity index (χ1) is 17.7. The third-order valence-electron chi connectivity index (χ3n) is 5.43. The molecule has 0 spiro atoms. The van der Waals surface area contributed by atoms with Crippen molar-refractivity contribution < 1.29 is 77.2 Å². The molecule has 2 fully saturated rings. The standard InChI is InChI=1S/C22H32O16/c1-9(25)31-7-15-16(30)18(33-11(3)27)19(34-12(4)28)21(36-15)38-22(8-24)20(35-13(5)29)17(32-10(2)26)14(6-23)37-22/h14-21,23-24,30H,6-8H2,1-5H3/t14-,15+,16+,17-,18-,19+,20+,21+,22+/m0/s1. The summed E-state index contributed by atoms with van der Waals surface area (Å²) in [4.78, 5) is 58.6.